The van der Waals surface area contributed by atoms with Gasteiger partial charge in [0.05, 0.1) is 24.6 Å². The molecule has 8 heteroatoms. The number of hydrogen-bond donors (Lipinski definition) is 2. The van der Waals surface area contributed by atoms with Crippen molar-refractivity contribution in [3.05, 3.63) is 11.1 Å². The van der Waals surface area contributed by atoms with E-state index in [2.05, 4.69) is 15.6 Å². The van der Waals surface area contributed by atoms with Crippen molar-refractivity contribution in [3.8, 4) is 0 Å². The van der Waals surface area contributed by atoms with E-state index in [1.807, 2.05) is 0 Å². The average Bonchev–Trinajstić information content (AvgIpc) is 2.86. The second kappa shape index (κ2) is 7.16. The molecule has 2 N–H and O–H groups in total. The van der Waals surface area contributed by atoms with Gasteiger partial charge in [0.25, 0.3) is 0 Å². The van der Waals surface area contributed by atoms with Crippen LogP contribution in [0, 0.1) is 5.92 Å². The van der Waals surface area contributed by atoms with Crippen LogP contribution in [0.1, 0.15) is 25.5 Å². The lowest BCUT2D eigenvalue weighted by Crippen LogP contribution is -2.40. The summed E-state index contributed by atoms with van der Waals surface area (Å²) in [7, 11) is 0. The third-order valence-electron chi connectivity index (χ3n) is 3.05. The molecule has 2 amide bonds. The van der Waals surface area contributed by atoms with Gasteiger partial charge in [0.15, 0.2) is 5.13 Å². The highest BCUT2D eigenvalue weighted by molar-refractivity contribution is 7.13. The molecule has 21 heavy (non-hydrogen) atoms. The Morgan fingerprint density at radius 2 is 2.38 bits per heavy atom. The van der Waals surface area contributed by atoms with Gasteiger partial charge in [-0.2, -0.15) is 0 Å². The summed E-state index contributed by atoms with van der Waals surface area (Å²) in [5.74, 6) is -0.757. The van der Waals surface area contributed by atoms with Crippen molar-refractivity contribution in [2.45, 2.75) is 26.2 Å². The second-order valence-electron chi connectivity index (χ2n) is 4.65. The van der Waals surface area contributed by atoms with Crippen molar-refractivity contribution in [1.82, 2.24) is 10.3 Å². The number of amides is 2. The van der Waals surface area contributed by atoms with E-state index < -0.39 is 0 Å². The summed E-state index contributed by atoms with van der Waals surface area (Å²) >= 11 is 1.26. The predicted molar refractivity (Wildman–Crippen MR) is 76.8 cm³/mol. The third kappa shape index (κ3) is 4.52. The molecule has 0 radical (unpaired) electrons. The SMILES string of the molecule is CCOC(=O)Cc1csc(NC(=O)C2CCC(=O)NC2)n1. The van der Waals surface area contributed by atoms with Gasteiger partial charge in [-0.1, -0.05) is 0 Å². The minimum Gasteiger partial charge on any atom is -0.466 e. The Hall–Kier alpha value is -1.96. The fourth-order valence-corrected chi connectivity index (χ4v) is 2.68. The monoisotopic (exact) mass is 311 g/mol. The summed E-state index contributed by atoms with van der Waals surface area (Å²) in [4.78, 5) is 38.6. The molecule has 0 spiro atoms. The van der Waals surface area contributed by atoms with E-state index in [9.17, 15) is 14.4 Å². The molecule has 1 aliphatic heterocycles. The number of piperidine rings is 1. The molecule has 0 saturated carbocycles. The van der Waals surface area contributed by atoms with E-state index in [0.717, 1.165) is 0 Å². The molecular formula is C13H17N3O4S. The molecular weight excluding hydrogens is 294 g/mol. The van der Waals surface area contributed by atoms with Crippen molar-refractivity contribution in [3.63, 3.8) is 0 Å². The molecule has 1 fully saturated rings. The van der Waals surface area contributed by atoms with Crippen LogP contribution in [-0.4, -0.2) is 35.9 Å². The van der Waals surface area contributed by atoms with Crippen molar-refractivity contribution < 1.29 is 19.1 Å². The average molecular weight is 311 g/mol. The van der Waals surface area contributed by atoms with E-state index in [1.54, 1.807) is 12.3 Å². The van der Waals surface area contributed by atoms with Crippen LogP contribution in [0.25, 0.3) is 0 Å². The molecule has 2 heterocycles. The van der Waals surface area contributed by atoms with Crippen LogP contribution in [0.3, 0.4) is 0 Å². The van der Waals surface area contributed by atoms with Gasteiger partial charge in [0, 0.05) is 18.3 Å². The van der Waals surface area contributed by atoms with Gasteiger partial charge < -0.3 is 15.4 Å². The number of esters is 1. The normalized spacial score (nSPS) is 18.0. The Labute approximate surface area is 126 Å². The summed E-state index contributed by atoms with van der Waals surface area (Å²) in [6.45, 7) is 2.43. The second-order valence-corrected chi connectivity index (χ2v) is 5.51. The summed E-state index contributed by atoms with van der Waals surface area (Å²) in [5, 5.41) is 7.56. The standard InChI is InChI=1S/C13H17N3O4S/c1-2-20-11(18)5-9-7-21-13(15-9)16-12(19)8-3-4-10(17)14-6-8/h7-8H,2-6H2,1H3,(H,14,17)(H,15,16,19). The number of hydrogen-bond acceptors (Lipinski definition) is 6. The first-order valence-electron chi connectivity index (χ1n) is 6.76. The smallest absolute Gasteiger partial charge is 0.311 e. The van der Waals surface area contributed by atoms with Gasteiger partial charge in [-0.3, -0.25) is 14.4 Å². The summed E-state index contributed by atoms with van der Waals surface area (Å²) in [5.41, 5.74) is 0.575. The molecule has 114 valence electrons. The Bertz CT molecular complexity index is 533. The highest BCUT2D eigenvalue weighted by Gasteiger charge is 2.25. The first-order valence-corrected chi connectivity index (χ1v) is 7.64. The largest absolute Gasteiger partial charge is 0.466 e. The Kier molecular flexibility index (Phi) is 5.26. The molecule has 1 saturated heterocycles. The number of nitrogens with one attached hydrogen (secondary N) is 2. The van der Waals surface area contributed by atoms with Crippen LogP contribution in [0.5, 0.6) is 0 Å². The molecule has 0 aliphatic carbocycles. The quantitative estimate of drug-likeness (QED) is 0.781. The summed E-state index contributed by atoms with van der Waals surface area (Å²) in [6, 6.07) is 0. The molecule has 0 aromatic carbocycles. The Morgan fingerprint density at radius 1 is 1.57 bits per heavy atom. The Balaban J connectivity index is 1.85. The molecule has 7 nitrogen and oxygen atoms in total. The minimum atomic E-state index is -0.337. The van der Waals surface area contributed by atoms with E-state index in [1.165, 1.54) is 11.3 Å². The van der Waals surface area contributed by atoms with E-state index in [4.69, 9.17) is 4.74 Å². The number of carbonyl (C=O) groups excluding carboxylic acids is 3. The van der Waals surface area contributed by atoms with Crippen molar-refractivity contribution in [2.24, 2.45) is 5.92 Å². The summed E-state index contributed by atoms with van der Waals surface area (Å²) < 4.78 is 4.84. The lowest BCUT2D eigenvalue weighted by molar-refractivity contribution is -0.142. The predicted octanol–water partition coefficient (Wildman–Crippen LogP) is 0.713. The molecule has 1 aromatic heterocycles. The third-order valence-corrected chi connectivity index (χ3v) is 3.86. The number of thiazole rings is 1. The summed E-state index contributed by atoms with van der Waals surface area (Å²) in [6.07, 6.45) is 1.00. The number of aromatic nitrogens is 1. The van der Waals surface area contributed by atoms with Gasteiger partial charge in [0.2, 0.25) is 11.8 Å². The maximum absolute atomic E-state index is 12.0. The number of anilines is 1. The van der Waals surface area contributed by atoms with Crippen LogP contribution in [0.15, 0.2) is 5.38 Å². The van der Waals surface area contributed by atoms with Gasteiger partial charge in [-0.25, -0.2) is 4.98 Å². The number of nitrogens with zero attached hydrogens (tertiary/aromatic N) is 1. The van der Waals surface area contributed by atoms with Crippen LogP contribution in [0.4, 0.5) is 5.13 Å². The van der Waals surface area contributed by atoms with Crippen LogP contribution in [-0.2, 0) is 25.5 Å². The molecule has 0 bridgehead atoms. The zero-order valence-corrected chi connectivity index (χ0v) is 12.5. The molecule has 2 rings (SSSR count). The molecule has 1 atom stereocenters. The fourth-order valence-electron chi connectivity index (χ4n) is 1.97. The highest BCUT2D eigenvalue weighted by Crippen LogP contribution is 2.19. The lowest BCUT2D eigenvalue weighted by Gasteiger charge is -2.20. The van der Waals surface area contributed by atoms with E-state index in [0.29, 0.717) is 36.8 Å². The van der Waals surface area contributed by atoms with Crippen LogP contribution < -0.4 is 10.6 Å². The van der Waals surface area contributed by atoms with E-state index >= 15 is 0 Å². The minimum absolute atomic E-state index is 0.0231. The zero-order chi connectivity index (χ0) is 15.2. The maximum atomic E-state index is 12.0. The molecule has 1 aliphatic rings. The van der Waals surface area contributed by atoms with Gasteiger partial charge in [-0.15, -0.1) is 11.3 Å². The number of ether oxygens (including phenoxy) is 1. The fraction of sp³-hybridized carbons (Fsp3) is 0.538. The van der Waals surface area contributed by atoms with Crippen molar-refractivity contribution in [2.75, 3.05) is 18.5 Å². The van der Waals surface area contributed by atoms with Crippen molar-refractivity contribution in [1.29, 1.82) is 0 Å². The van der Waals surface area contributed by atoms with Crippen molar-refractivity contribution >= 4 is 34.3 Å². The van der Waals surface area contributed by atoms with Crippen LogP contribution in [0.2, 0.25) is 0 Å². The van der Waals surface area contributed by atoms with E-state index in [-0.39, 0.29) is 30.1 Å². The van der Waals surface area contributed by atoms with Crippen LogP contribution >= 0.6 is 11.3 Å². The van der Waals surface area contributed by atoms with Gasteiger partial charge >= 0.3 is 5.97 Å². The van der Waals surface area contributed by atoms with Gasteiger partial charge in [0.1, 0.15) is 0 Å². The number of carbonyl (C=O) groups is 3. The molecule has 1 unspecified atom stereocenters. The zero-order valence-electron chi connectivity index (χ0n) is 11.7. The number of rotatable bonds is 5. The topological polar surface area (TPSA) is 97.4 Å². The van der Waals surface area contributed by atoms with Gasteiger partial charge in [-0.05, 0) is 13.3 Å². The lowest BCUT2D eigenvalue weighted by atomic mass is 9.98. The first kappa shape index (κ1) is 15.4. The Morgan fingerprint density at radius 3 is 3.05 bits per heavy atom. The maximum Gasteiger partial charge on any atom is 0.311 e. The first-order chi connectivity index (χ1) is 10.1. The highest BCUT2D eigenvalue weighted by atomic mass is 32.1. The molecule has 1 aromatic rings.